The molecule has 27 heavy (non-hydrogen) atoms. The molecule has 2 N–H and O–H groups in total. The highest BCUT2D eigenvalue weighted by molar-refractivity contribution is 6.30. The first-order chi connectivity index (χ1) is 12.8. The molecule has 2 heterocycles. The van der Waals surface area contributed by atoms with E-state index in [0.29, 0.717) is 18.1 Å². The first-order valence-corrected chi connectivity index (χ1v) is 8.91. The number of anilines is 1. The molecule has 0 spiro atoms. The molecule has 2 amide bonds. The van der Waals surface area contributed by atoms with Crippen LogP contribution < -0.4 is 10.6 Å². The Morgan fingerprint density at radius 3 is 2.48 bits per heavy atom. The third-order valence-corrected chi connectivity index (χ3v) is 4.52. The second-order valence-electron chi connectivity index (χ2n) is 6.22. The number of hydrogen-bond donors (Lipinski definition) is 2. The van der Waals surface area contributed by atoms with Gasteiger partial charge < -0.3 is 15.5 Å². The zero-order valence-electron chi connectivity index (χ0n) is 14.4. The van der Waals surface area contributed by atoms with E-state index in [4.69, 9.17) is 11.6 Å². The van der Waals surface area contributed by atoms with Crippen LogP contribution in [0.3, 0.4) is 0 Å². The molecule has 1 fully saturated rings. The number of benzene rings is 1. The molecule has 1 aliphatic rings. The quantitative estimate of drug-likeness (QED) is 0.801. The topological polar surface area (TPSA) is 62.2 Å². The smallest absolute Gasteiger partial charge is 0.337 e. The molecule has 146 valence electrons. The number of alkyl halides is 3. The van der Waals surface area contributed by atoms with E-state index in [1.54, 1.807) is 0 Å². The summed E-state index contributed by atoms with van der Waals surface area (Å²) in [5, 5.41) is 9.01. The number of rotatable bonds is 5. The summed E-state index contributed by atoms with van der Waals surface area (Å²) in [6.07, 6.45) is -1.46. The molecule has 0 saturated carbocycles. The van der Waals surface area contributed by atoms with Crippen molar-refractivity contribution in [3.05, 3.63) is 41.2 Å². The van der Waals surface area contributed by atoms with Gasteiger partial charge >= 0.3 is 12.2 Å². The van der Waals surface area contributed by atoms with Crippen LogP contribution in [0, 0.1) is 0 Å². The fourth-order valence-electron chi connectivity index (χ4n) is 2.99. The number of halogens is 4. The van der Waals surface area contributed by atoms with Crippen molar-refractivity contribution in [3.63, 3.8) is 0 Å². The zero-order chi connectivity index (χ0) is 19.4. The summed E-state index contributed by atoms with van der Waals surface area (Å²) in [6, 6.07) is 5.08. The first kappa shape index (κ1) is 19.5. The van der Waals surface area contributed by atoms with E-state index in [1.165, 1.54) is 24.3 Å². The monoisotopic (exact) mass is 401 g/mol. The Morgan fingerprint density at radius 2 is 1.85 bits per heavy atom. The molecule has 1 aromatic carbocycles. The van der Waals surface area contributed by atoms with Crippen LogP contribution in [-0.2, 0) is 6.18 Å². The number of aromatic nitrogens is 2. The van der Waals surface area contributed by atoms with Crippen LogP contribution in [0.4, 0.5) is 23.7 Å². The van der Waals surface area contributed by atoms with Crippen molar-refractivity contribution in [2.75, 3.05) is 31.5 Å². The number of nitrogens with zero attached hydrogens (tertiary/aromatic N) is 3. The van der Waals surface area contributed by atoms with Gasteiger partial charge in [-0.05, 0) is 50.2 Å². The number of urea groups is 1. The molecule has 0 radical (unpaired) electrons. The van der Waals surface area contributed by atoms with Crippen LogP contribution in [0.25, 0.3) is 5.69 Å². The average molecular weight is 402 g/mol. The maximum absolute atomic E-state index is 13.5. The normalized spacial score (nSPS) is 15.1. The van der Waals surface area contributed by atoms with Crippen LogP contribution in [0.5, 0.6) is 0 Å². The SMILES string of the molecule is O=C(NCCN1CCCC1)Nc1cnn(-c2ccc(Cl)cc2)c1C(F)(F)F. The van der Waals surface area contributed by atoms with Gasteiger partial charge in [0.1, 0.15) is 0 Å². The Kier molecular flexibility index (Phi) is 5.91. The maximum Gasteiger partial charge on any atom is 0.435 e. The summed E-state index contributed by atoms with van der Waals surface area (Å²) in [6.45, 7) is 2.99. The highest BCUT2D eigenvalue weighted by atomic mass is 35.5. The molecule has 0 unspecified atom stereocenters. The van der Waals surface area contributed by atoms with Crippen LogP contribution in [0.1, 0.15) is 18.5 Å². The van der Waals surface area contributed by atoms with Crippen molar-refractivity contribution in [3.8, 4) is 5.69 Å². The Balaban J connectivity index is 1.71. The second kappa shape index (κ2) is 8.18. The minimum absolute atomic E-state index is 0.189. The van der Waals surface area contributed by atoms with Crippen molar-refractivity contribution in [1.29, 1.82) is 0 Å². The lowest BCUT2D eigenvalue weighted by Gasteiger charge is -2.16. The fraction of sp³-hybridized carbons (Fsp3) is 0.412. The number of carbonyl (C=O) groups is 1. The van der Waals surface area contributed by atoms with Crippen molar-refractivity contribution >= 4 is 23.3 Å². The van der Waals surface area contributed by atoms with Crippen LogP contribution in [0.2, 0.25) is 5.02 Å². The van der Waals surface area contributed by atoms with Crippen LogP contribution in [-0.4, -0.2) is 46.9 Å². The van der Waals surface area contributed by atoms with Crippen molar-refractivity contribution < 1.29 is 18.0 Å². The highest BCUT2D eigenvalue weighted by Crippen LogP contribution is 2.36. The third-order valence-electron chi connectivity index (χ3n) is 4.27. The van der Waals surface area contributed by atoms with E-state index in [9.17, 15) is 18.0 Å². The number of hydrogen-bond acceptors (Lipinski definition) is 3. The van der Waals surface area contributed by atoms with Gasteiger partial charge in [-0.1, -0.05) is 11.6 Å². The third kappa shape index (κ3) is 4.92. The largest absolute Gasteiger partial charge is 0.435 e. The van der Waals surface area contributed by atoms with E-state index in [-0.39, 0.29) is 5.69 Å². The van der Waals surface area contributed by atoms with Gasteiger partial charge in [-0.2, -0.15) is 18.3 Å². The standard InChI is InChI=1S/C17H19ClF3N5O/c18-12-3-5-13(6-4-12)26-15(17(19,20)21)14(11-23-26)24-16(27)22-7-10-25-8-1-2-9-25/h3-6,11H,1-2,7-10H2,(H2,22,24,27). The molecule has 0 bridgehead atoms. The summed E-state index contributed by atoms with van der Waals surface area (Å²) in [4.78, 5) is 14.2. The molecule has 1 aliphatic heterocycles. The molecule has 1 saturated heterocycles. The Hall–Kier alpha value is -2.26. The number of likely N-dealkylation sites (tertiary alicyclic amines) is 1. The van der Waals surface area contributed by atoms with Crippen LogP contribution >= 0.6 is 11.6 Å². The summed E-state index contributed by atoms with van der Waals surface area (Å²) >= 11 is 5.78. The van der Waals surface area contributed by atoms with E-state index in [1.807, 2.05) is 0 Å². The average Bonchev–Trinajstić information content (AvgIpc) is 3.25. The van der Waals surface area contributed by atoms with E-state index in [2.05, 4.69) is 20.6 Å². The summed E-state index contributed by atoms with van der Waals surface area (Å²) < 4.78 is 41.4. The summed E-state index contributed by atoms with van der Waals surface area (Å²) in [7, 11) is 0. The predicted molar refractivity (Wildman–Crippen MR) is 96.3 cm³/mol. The van der Waals surface area contributed by atoms with Gasteiger partial charge in [-0.3, -0.25) is 0 Å². The Labute approximate surface area is 159 Å². The molecule has 10 heteroatoms. The summed E-state index contributed by atoms with van der Waals surface area (Å²) in [5.41, 5.74) is -1.27. The van der Waals surface area contributed by atoms with Gasteiger partial charge in [-0.25, -0.2) is 9.48 Å². The lowest BCUT2D eigenvalue weighted by molar-refractivity contribution is -0.142. The number of carbonyl (C=O) groups excluding carboxylic acids is 1. The van der Waals surface area contributed by atoms with E-state index < -0.39 is 23.6 Å². The highest BCUT2D eigenvalue weighted by Gasteiger charge is 2.39. The van der Waals surface area contributed by atoms with E-state index in [0.717, 1.165) is 36.8 Å². The van der Waals surface area contributed by atoms with Gasteiger partial charge in [0.15, 0.2) is 5.69 Å². The first-order valence-electron chi connectivity index (χ1n) is 8.53. The minimum Gasteiger partial charge on any atom is -0.337 e. The lowest BCUT2D eigenvalue weighted by atomic mass is 10.3. The van der Waals surface area contributed by atoms with E-state index >= 15 is 0 Å². The van der Waals surface area contributed by atoms with Gasteiger partial charge in [0.2, 0.25) is 0 Å². The van der Waals surface area contributed by atoms with Gasteiger partial charge in [0.05, 0.1) is 17.6 Å². The van der Waals surface area contributed by atoms with Crippen molar-refractivity contribution in [1.82, 2.24) is 20.0 Å². The molecule has 1 aromatic heterocycles. The van der Waals surface area contributed by atoms with Gasteiger partial charge in [0.25, 0.3) is 0 Å². The lowest BCUT2D eigenvalue weighted by Crippen LogP contribution is -2.36. The number of nitrogens with one attached hydrogen (secondary N) is 2. The molecular weight excluding hydrogens is 383 g/mol. The Morgan fingerprint density at radius 1 is 1.19 bits per heavy atom. The fourth-order valence-corrected chi connectivity index (χ4v) is 3.12. The predicted octanol–water partition coefficient (Wildman–Crippen LogP) is 3.76. The second-order valence-corrected chi connectivity index (χ2v) is 6.66. The molecular formula is C17H19ClF3N5O. The molecule has 0 aliphatic carbocycles. The molecule has 6 nitrogen and oxygen atoms in total. The van der Waals surface area contributed by atoms with Crippen molar-refractivity contribution in [2.24, 2.45) is 0 Å². The summed E-state index contributed by atoms with van der Waals surface area (Å²) in [5.74, 6) is 0. The maximum atomic E-state index is 13.5. The zero-order valence-corrected chi connectivity index (χ0v) is 15.1. The van der Waals surface area contributed by atoms with Crippen LogP contribution in [0.15, 0.2) is 30.5 Å². The molecule has 0 atom stereocenters. The number of amides is 2. The van der Waals surface area contributed by atoms with Gasteiger partial charge in [-0.15, -0.1) is 0 Å². The minimum atomic E-state index is -4.70. The molecule has 2 aromatic rings. The van der Waals surface area contributed by atoms with Crippen molar-refractivity contribution in [2.45, 2.75) is 19.0 Å². The van der Waals surface area contributed by atoms with Gasteiger partial charge in [0, 0.05) is 18.1 Å². The molecule has 3 rings (SSSR count). The Bertz CT molecular complexity index is 785.